The van der Waals surface area contributed by atoms with Crippen LogP contribution in [0.3, 0.4) is 0 Å². The quantitative estimate of drug-likeness (QED) is 0.772. The van der Waals surface area contributed by atoms with Gasteiger partial charge in [-0.05, 0) is 56.3 Å². The van der Waals surface area contributed by atoms with E-state index in [4.69, 9.17) is 0 Å². The molecule has 2 fully saturated rings. The van der Waals surface area contributed by atoms with Crippen molar-refractivity contribution in [2.75, 3.05) is 13.1 Å². The van der Waals surface area contributed by atoms with E-state index in [9.17, 15) is 4.79 Å². The molecule has 0 spiro atoms. The van der Waals surface area contributed by atoms with Gasteiger partial charge in [-0.25, -0.2) is 0 Å². The molecular formula is C18H26N2O. The summed E-state index contributed by atoms with van der Waals surface area (Å²) >= 11 is 0. The van der Waals surface area contributed by atoms with E-state index in [1.54, 1.807) is 6.92 Å². The van der Waals surface area contributed by atoms with E-state index < -0.39 is 0 Å². The molecule has 0 amide bonds. The fourth-order valence-electron chi connectivity index (χ4n) is 3.48. The van der Waals surface area contributed by atoms with Crippen LogP contribution in [0.5, 0.6) is 0 Å². The predicted octanol–water partition coefficient (Wildman–Crippen LogP) is 3.64. The maximum atomic E-state index is 12.1. The van der Waals surface area contributed by atoms with Crippen LogP contribution in [0.1, 0.15) is 60.8 Å². The van der Waals surface area contributed by atoms with E-state index in [1.165, 1.54) is 56.5 Å². The molecule has 1 saturated heterocycles. The van der Waals surface area contributed by atoms with Crippen molar-refractivity contribution in [3.05, 3.63) is 29.6 Å². The number of rotatable bonds is 5. The standard InChI is InChI=1S/C18H26N2O/c1-13(15-7-8-15)17-11-16(19(3)18(17)14(2)21)12-20-9-5-4-6-10-20/h11,15H,1,4-10,12H2,2-3H3. The van der Waals surface area contributed by atoms with Crippen molar-refractivity contribution in [1.29, 1.82) is 0 Å². The molecule has 0 N–H and O–H groups in total. The van der Waals surface area contributed by atoms with Crippen molar-refractivity contribution in [3.8, 4) is 0 Å². The molecule has 1 aliphatic carbocycles. The number of likely N-dealkylation sites (tertiary alicyclic amines) is 1. The molecule has 1 aromatic heterocycles. The van der Waals surface area contributed by atoms with E-state index in [-0.39, 0.29) is 5.78 Å². The predicted molar refractivity (Wildman–Crippen MR) is 86.3 cm³/mol. The van der Waals surface area contributed by atoms with Crippen LogP contribution < -0.4 is 0 Å². The normalized spacial score (nSPS) is 19.7. The number of Topliss-reactive ketones (excluding diaryl/α,β-unsaturated/α-hetero) is 1. The molecule has 1 aliphatic heterocycles. The summed E-state index contributed by atoms with van der Waals surface area (Å²) in [4.78, 5) is 14.6. The lowest BCUT2D eigenvalue weighted by Crippen LogP contribution is -2.30. The lowest BCUT2D eigenvalue weighted by Gasteiger charge is -2.26. The minimum atomic E-state index is 0.152. The first-order chi connectivity index (χ1) is 10.1. The highest BCUT2D eigenvalue weighted by molar-refractivity contribution is 5.98. The molecule has 0 unspecified atom stereocenters. The van der Waals surface area contributed by atoms with Gasteiger partial charge in [0.05, 0.1) is 5.69 Å². The Labute approximate surface area is 127 Å². The Morgan fingerprint density at radius 1 is 1.29 bits per heavy atom. The van der Waals surface area contributed by atoms with Crippen molar-refractivity contribution >= 4 is 11.4 Å². The smallest absolute Gasteiger partial charge is 0.176 e. The number of allylic oxidation sites excluding steroid dienone is 1. The van der Waals surface area contributed by atoms with Crippen molar-refractivity contribution < 1.29 is 4.79 Å². The summed E-state index contributed by atoms with van der Waals surface area (Å²) in [5.41, 5.74) is 4.36. The molecule has 0 radical (unpaired) electrons. The third kappa shape index (κ3) is 2.98. The number of carbonyl (C=O) groups is 1. The number of piperidine rings is 1. The van der Waals surface area contributed by atoms with Gasteiger partial charge in [-0.1, -0.05) is 13.0 Å². The van der Waals surface area contributed by atoms with Gasteiger partial charge in [-0.2, -0.15) is 0 Å². The van der Waals surface area contributed by atoms with Crippen LogP contribution in [0.25, 0.3) is 5.57 Å². The van der Waals surface area contributed by atoms with Gasteiger partial charge in [0.1, 0.15) is 0 Å². The van der Waals surface area contributed by atoms with Crippen molar-refractivity contribution in [1.82, 2.24) is 9.47 Å². The summed E-state index contributed by atoms with van der Waals surface area (Å²) in [6.07, 6.45) is 6.41. The van der Waals surface area contributed by atoms with Crippen LogP contribution in [-0.4, -0.2) is 28.3 Å². The maximum absolute atomic E-state index is 12.1. The Bertz CT molecular complexity index is 560. The first-order valence-corrected chi connectivity index (χ1v) is 8.19. The average Bonchev–Trinajstić information content (AvgIpc) is 3.25. The second kappa shape index (κ2) is 5.80. The molecule has 1 saturated carbocycles. The SMILES string of the molecule is C=C(c1cc(CN2CCCCC2)n(C)c1C(C)=O)C1CC1. The van der Waals surface area contributed by atoms with Crippen LogP contribution in [0.15, 0.2) is 12.6 Å². The van der Waals surface area contributed by atoms with Gasteiger partial charge in [0.2, 0.25) is 0 Å². The number of nitrogens with zero attached hydrogens (tertiary/aromatic N) is 2. The summed E-state index contributed by atoms with van der Waals surface area (Å²) in [6.45, 7) is 9.24. The summed E-state index contributed by atoms with van der Waals surface area (Å²) in [6, 6.07) is 2.21. The van der Waals surface area contributed by atoms with Gasteiger partial charge in [-0.15, -0.1) is 0 Å². The maximum Gasteiger partial charge on any atom is 0.176 e. The molecule has 0 aromatic carbocycles. The van der Waals surface area contributed by atoms with Crippen LogP contribution in [0.4, 0.5) is 0 Å². The number of ketones is 1. The Morgan fingerprint density at radius 3 is 2.52 bits per heavy atom. The highest BCUT2D eigenvalue weighted by Crippen LogP contribution is 2.42. The number of carbonyl (C=O) groups excluding carboxylic acids is 1. The van der Waals surface area contributed by atoms with Gasteiger partial charge in [0.15, 0.2) is 5.78 Å². The fraction of sp³-hybridized carbons (Fsp3) is 0.611. The van der Waals surface area contributed by atoms with Gasteiger partial charge >= 0.3 is 0 Å². The van der Waals surface area contributed by atoms with E-state index in [1.807, 2.05) is 7.05 Å². The molecule has 21 heavy (non-hydrogen) atoms. The van der Waals surface area contributed by atoms with Gasteiger partial charge < -0.3 is 4.57 Å². The minimum absolute atomic E-state index is 0.152. The van der Waals surface area contributed by atoms with Crippen molar-refractivity contribution in [3.63, 3.8) is 0 Å². The summed E-state index contributed by atoms with van der Waals surface area (Å²) in [5, 5.41) is 0. The lowest BCUT2D eigenvalue weighted by atomic mass is 10.0. The van der Waals surface area contributed by atoms with Crippen LogP contribution in [0.2, 0.25) is 0 Å². The summed E-state index contributed by atoms with van der Waals surface area (Å²) in [7, 11) is 2.03. The Kier molecular flexibility index (Phi) is 4.03. The zero-order chi connectivity index (χ0) is 15.0. The van der Waals surface area contributed by atoms with Crippen LogP contribution in [-0.2, 0) is 13.6 Å². The van der Waals surface area contributed by atoms with Crippen molar-refractivity contribution in [2.24, 2.45) is 13.0 Å². The average molecular weight is 286 g/mol. The summed E-state index contributed by atoms with van der Waals surface area (Å²) in [5.74, 6) is 0.757. The number of aromatic nitrogens is 1. The Morgan fingerprint density at radius 2 is 1.95 bits per heavy atom. The monoisotopic (exact) mass is 286 g/mol. The molecule has 3 rings (SSSR count). The second-order valence-electron chi connectivity index (χ2n) is 6.65. The first-order valence-electron chi connectivity index (χ1n) is 8.19. The zero-order valence-corrected chi connectivity index (χ0v) is 13.3. The molecular weight excluding hydrogens is 260 g/mol. The number of hydrogen-bond donors (Lipinski definition) is 0. The molecule has 0 bridgehead atoms. The third-order valence-corrected chi connectivity index (χ3v) is 4.92. The van der Waals surface area contributed by atoms with E-state index >= 15 is 0 Å². The van der Waals surface area contributed by atoms with Gasteiger partial charge in [0, 0.05) is 31.8 Å². The zero-order valence-electron chi connectivity index (χ0n) is 13.3. The first kappa shape index (κ1) is 14.6. The third-order valence-electron chi connectivity index (χ3n) is 4.92. The van der Waals surface area contributed by atoms with Crippen LogP contribution in [0, 0.1) is 5.92 Å². The topological polar surface area (TPSA) is 25.2 Å². The largest absolute Gasteiger partial charge is 0.344 e. The molecule has 3 heteroatoms. The van der Waals surface area contributed by atoms with Gasteiger partial charge in [0.25, 0.3) is 0 Å². The molecule has 2 heterocycles. The summed E-state index contributed by atoms with van der Waals surface area (Å²) < 4.78 is 2.10. The second-order valence-corrected chi connectivity index (χ2v) is 6.65. The minimum Gasteiger partial charge on any atom is -0.344 e. The Balaban J connectivity index is 1.87. The van der Waals surface area contributed by atoms with E-state index in [0.717, 1.165) is 17.8 Å². The lowest BCUT2D eigenvalue weighted by molar-refractivity contribution is 0.100. The highest BCUT2D eigenvalue weighted by atomic mass is 16.1. The van der Waals surface area contributed by atoms with Crippen LogP contribution >= 0.6 is 0 Å². The van der Waals surface area contributed by atoms with E-state index in [0.29, 0.717) is 5.92 Å². The van der Waals surface area contributed by atoms with Crippen molar-refractivity contribution in [2.45, 2.75) is 45.6 Å². The molecule has 2 aliphatic rings. The fourth-order valence-corrected chi connectivity index (χ4v) is 3.48. The Hall–Kier alpha value is -1.35. The van der Waals surface area contributed by atoms with Gasteiger partial charge in [-0.3, -0.25) is 9.69 Å². The molecule has 0 atom stereocenters. The van der Waals surface area contributed by atoms with E-state index in [2.05, 4.69) is 22.1 Å². The molecule has 3 nitrogen and oxygen atoms in total. The molecule has 114 valence electrons. The number of hydrogen-bond acceptors (Lipinski definition) is 2. The molecule has 1 aromatic rings. The highest BCUT2D eigenvalue weighted by Gasteiger charge is 2.29.